The molecule has 3 rings (SSSR count). The zero-order valence-corrected chi connectivity index (χ0v) is 15.9. The van der Waals surface area contributed by atoms with Gasteiger partial charge in [0.15, 0.2) is 0 Å². The van der Waals surface area contributed by atoms with Crippen LogP contribution in [-0.2, 0) is 15.9 Å². The number of hydrogen-bond donors (Lipinski definition) is 2. The monoisotopic (exact) mass is 361 g/mol. The lowest BCUT2D eigenvalue weighted by atomic mass is 9.84. The van der Waals surface area contributed by atoms with Crippen LogP contribution in [0.5, 0.6) is 0 Å². The molecule has 2 heterocycles. The van der Waals surface area contributed by atoms with Gasteiger partial charge in [-0.15, -0.1) is 0 Å². The summed E-state index contributed by atoms with van der Waals surface area (Å²) in [6.45, 7) is 5.78. The number of nitrogens with one attached hydrogen (secondary N) is 1. The smallest absolute Gasteiger partial charge is 0.251 e. The predicted molar refractivity (Wildman–Crippen MR) is 100 cm³/mol. The predicted octanol–water partition coefficient (Wildman–Crippen LogP) is 2.85. The molecule has 0 aliphatic carbocycles. The Hall–Kier alpha value is -1.43. The van der Waals surface area contributed by atoms with Crippen molar-refractivity contribution in [2.75, 3.05) is 19.8 Å². The Balaban J connectivity index is 1.59. The third-order valence-electron chi connectivity index (χ3n) is 5.45. The second kappa shape index (κ2) is 8.07. The van der Waals surface area contributed by atoms with E-state index in [2.05, 4.69) is 5.32 Å². The molecule has 1 unspecified atom stereocenters. The van der Waals surface area contributed by atoms with Gasteiger partial charge in [0.2, 0.25) is 0 Å². The molecular weight excluding hydrogens is 330 g/mol. The van der Waals surface area contributed by atoms with E-state index >= 15 is 0 Å². The van der Waals surface area contributed by atoms with Gasteiger partial charge in [-0.05, 0) is 70.1 Å². The number of aliphatic hydroxyl groups is 1. The third kappa shape index (κ3) is 5.29. The number of carbonyl (C=O) groups excluding carboxylic acids is 1. The molecule has 2 N–H and O–H groups in total. The van der Waals surface area contributed by atoms with Crippen molar-refractivity contribution in [3.63, 3.8) is 0 Å². The van der Waals surface area contributed by atoms with E-state index in [1.54, 1.807) is 13.8 Å². The number of benzene rings is 1. The van der Waals surface area contributed by atoms with Crippen LogP contribution in [0.15, 0.2) is 24.3 Å². The number of carbonyl (C=O) groups is 1. The first-order valence-corrected chi connectivity index (χ1v) is 9.69. The Kier molecular flexibility index (Phi) is 6.00. The van der Waals surface area contributed by atoms with Crippen LogP contribution in [0, 0.1) is 0 Å². The van der Waals surface area contributed by atoms with Crippen molar-refractivity contribution in [3.05, 3.63) is 35.4 Å². The molecule has 2 saturated heterocycles. The fourth-order valence-corrected chi connectivity index (χ4v) is 3.83. The molecule has 26 heavy (non-hydrogen) atoms. The minimum Gasteiger partial charge on any atom is -0.390 e. The summed E-state index contributed by atoms with van der Waals surface area (Å²) in [7, 11) is 0. The number of hydrogen-bond acceptors (Lipinski definition) is 4. The molecule has 1 aromatic rings. The zero-order valence-electron chi connectivity index (χ0n) is 15.9. The van der Waals surface area contributed by atoms with Crippen LogP contribution >= 0.6 is 0 Å². The molecular formula is C21H31NO4. The maximum Gasteiger partial charge on any atom is 0.251 e. The number of ether oxygens (including phenoxy) is 2. The average Bonchev–Trinajstić information content (AvgIpc) is 2.60. The molecule has 5 nitrogen and oxygen atoms in total. The van der Waals surface area contributed by atoms with Gasteiger partial charge in [-0.2, -0.15) is 0 Å². The maximum absolute atomic E-state index is 12.7. The Bertz CT molecular complexity index is 611. The molecule has 0 aromatic heterocycles. The average molecular weight is 361 g/mol. The Morgan fingerprint density at radius 3 is 2.81 bits per heavy atom. The van der Waals surface area contributed by atoms with Crippen LogP contribution in [-0.4, -0.2) is 48.1 Å². The zero-order chi connectivity index (χ0) is 18.6. The lowest BCUT2D eigenvalue weighted by Gasteiger charge is -2.43. The van der Waals surface area contributed by atoms with Crippen LogP contribution in [0.2, 0.25) is 0 Å². The van der Waals surface area contributed by atoms with Gasteiger partial charge in [-0.3, -0.25) is 4.79 Å². The second-order valence-corrected chi connectivity index (χ2v) is 8.32. The highest BCUT2D eigenvalue weighted by Gasteiger charge is 2.39. The summed E-state index contributed by atoms with van der Waals surface area (Å²) in [6, 6.07) is 7.86. The van der Waals surface area contributed by atoms with Gasteiger partial charge < -0.3 is 19.9 Å². The highest BCUT2D eigenvalue weighted by Crippen LogP contribution is 2.34. The van der Waals surface area contributed by atoms with E-state index in [1.807, 2.05) is 24.3 Å². The Morgan fingerprint density at radius 1 is 1.31 bits per heavy atom. The van der Waals surface area contributed by atoms with Gasteiger partial charge >= 0.3 is 0 Å². The maximum atomic E-state index is 12.7. The second-order valence-electron chi connectivity index (χ2n) is 8.32. The van der Waals surface area contributed by atoms with Crippen molar-refractivity contribution in [2.24, 2.45) is 0 Å². The van der Waals surface area contributed by atoms with Gasteiger partial charge in [-0.25, -0.2) is 0 Å². The summed E-state index contributed by atoms with van der Waals surface area (Å²) in [5.74, 6) is -0.0239. The molecule has 2 aliphatic heterocycles. The standard InChI is InChI=1S/C21H31NO4/c1-20(2,24)8-6-16-4-3-5-17(14-16)19(23)22-18-7-11-26-21(15-18)9-12-25-13-10-21/h3-5,14,18,24H,6-13,15H2,1-2H3,(H,22,23). The Morgan fingerprint density at radius 2 is 2.08 bits per heavy atom. The van der Waals surface area contributed by atoms with E-state index < -0.39 is 5.60 Å². The Labute approximate surface area is 156 Å². The van der Waals surface area contributed by atoms with Crippen molar-refractivity contribution in [1.82, 2.24) is 5.32 Å². The third-order valence-corrected chi connectivity index (χ3v) is 5.45. The highest BCUT2D eigenvalue weighted by molar-refractivity contribution is 5.94. The summed E-state index contributed by atoms with van der Waals surface area (Å²) in [4.78, 5) is 12.7. The molecule has 2 aliphatic rings. The summed E-state index contributed by atoms with van der Waals surface area (Å²) >= 11 is 0. The molecule has 1 spiro atoms. The molecule has 1 atom stereocenters. The van der Waals surface area contributed by atoms with Gasteiger partial charge in [-0.1, -0.05) is 12.1 Å². The van der Waals surface area contributed by atoms with Crippen LogP contribution in [0.4, 0.5) is 0 Å². The van der Waals surface area contributed by atoms with Crippen LogP contribution in [0.25, 0.3) is 0 Å². The van der Waals surface area contributed by atoms with Gasteiger partial charge in [0.05, 0.1) is 11.2 Å². The number of amides is 1. The van der Waals surface area contributed by atoms with Gasteiger partial charge in [0, 0.05) is 31.4 Å². The van der Waals surface area contributed by atoms with Gasteiger partial charge in [0.25, 0.3) is 5.91 Å². The molecule has 2 fully saturated rings. The van der Waals surface area contributed by atoms with Crippen LogP contribution in [0.1, 0.15) is 61.9 Å². The molecule has 1 amide bonds. The highest BCUT2D eigenvalue weighted by atomic mass is 16.5. The van der Waals surface area contributed by atoms with E-state index in [0.29, 0.717) is 18.6 Å². The first-order chi connectivity index (χ1) is 12.4. The lowest BCUT2D eigenvalue weighted by Crippen LogP contribution is -2.51. The molecule has 0 bridgehead atoms. The van der Waals surface area contributed by atoms with Crippen molar-refractivity contribution in [2.45, 2.75) is 69.6 Å². The summed E-state index contributed by atoms with van der Waals surface area (Å²) in [5, 5.41) is 13.1. The fraction of sp³-hybridized carbons (Fsp3) is 0.667. The van der Waals surface area contributed by atoms with Crippen LogP contribution < -0.4 is 5.32 Å². The van der Waals surface area contributed by atoms with Crippen molar-refractivity contribution < 1.29 is 19.4 Å². The SMILES string of the molecule is CC(C)(O)CCc1cccc(C(=O)NC2CCOC3(CCOCC3)C2)c1. The van der Waals surface area contributed by atoms with Crippen LogP contribution in [0.3, 0.4) is 0 Å². The topological polar surface area (TPSA) is 67.8 Å². The van der Waals surface area contributed by atoms with E-state index in [9.17, 15) is 9.90 Å². The largest absolute Gasteiger partial charge is 0.390 e. The molecule has 144 valence electrons. The van der Waals surface area contributed by atoms with E-state index in [4.69, 9.17) is 9.47 Å². The van der Waals surface area contributed by atoms with Crippen molar-refractivity contribution >= 4 is 5.91 Å². The summed E-state index contributed by atoms with van der Waals surface area (Å²) in [6.07, 6.45) is 4.96. The normalized spacial score (nSPS) is 23.0. The van der Waals surface area contributed by atoms with Crippen molar-refractivity contribution in [1.29, 1.82) is 0 Å². The first-order valence-electron chi connectivity index (χ1n) is 9.69. The van der Waals surface area contributed by atoms with E-state index in [1.165, 1.54) is 0 Å². The van der Waals surface area contributed by atoms with Crippen molar-refractivity contribution in [3.8, 4) is 0 Å². The fourth-order valence-electron chi connectivity index (χ4n) is 3.83. The summed E-state index contributed by atoms with van der Waals surface area (Å²) in [5.41, 5.74) is 0.944. The van der Waals surface area contributed by atoms with E-state index in [0.717, 1.165) is 50.9 Å². The molecule has 0 saturated carbocycles. The lowest BCUT2D eigenvalue weighted by molar-refractivity contribution is -0.139. The molecule has 1 aromatic carbocycles. The summed E-state index contributed by atoms with van der Waals surface area (Å²) < 4.78 is 11.5. The number of rotatable bonds is 5. The molecule has 5 heteroatoms. The minimum atomic E-state index is -0.696. The van der Waals surface area contributed by atoms with E-state index in [-0.39, 0.29) is 17.6 Å². The molecule has 0 radical (unpaired) electrons. The number of aryl methyl sites for hydroxylation is 1. The van der Waals surface area contributed by atoms with Gasteiger partial charge in [0.1, 0.15) is 0 Å². The quantitative estimate of drug-likeness (QED) is 0.846. The first kappa shape index (κ1) is 19.3. The minimum absolute atomic E-state index is 0.0239.